The molecule has 1 N–H and O–H groups in total. The van der Waals surface area contributed by atoms with Gasteiger partial charge in [0.15, 0.2) is 0 Å². The van der Waals surface area contributed by atoms with E-state index in [1.54, 1.807) is 10.8 Å². The van der Waals surface area contributed by atoms with Crippen molar-refractivity contribution in [2.75, 3.05) is 13.2 Å². The number of carbonyl (C=O) groups is 1. The Kier molecular flexibility index (Phi) is 5.62. The molecule has 0 saturated carbocycles. The van der Waals surface area contributed by atoms with Crippen LogP contribution in [0.2, 0.25) is 0 Å². The first-order chi connectivity index (χ1) is 16.3. The molecule has 4 aromatic rings. The lowest BCUT2D eigenvalue weighted by Gasteiger charge is -2.15. The van der Waals surface area contributed by atoms with Crippen LogP contribution in [0.1, 0.15) is 29.1 Å². The van der Waals surface area contributed by atoms with Gasteiger partial charge in [-0.05, 0) is 24.1 Å². The van der Waals surface area contributed by atoms with E-state index in [0.29, 0.717) is 16.3 Å². The van der Waals surface area contributed by atoms with Gasteiger partial charge >= 0.3 is 5.69 Å². The molecule has 0 aromatic carbocycles. The molecule has 1 atom stereocenters. The molecule has 0 bridgehead atoms. The number of pyridine rings is 1. The molecule has 178 valence electrons. The second-order valence-corrected chi connectivity index (χ2v) is 9.99. The predicted molar refractivity (Wildman–Crippen MR) is 128 cm³/mol. The summed E-state index contributed by atoms with van der Waals surface area (Å²) < 4.78 is 4.52. The van der Waals surface area contributed by atoms with Gasteiger partial charge in [0.25, 0.3) is 11.5 Å². The van der Waals surface area contributed by atoms with E-state index in [1.807, 2.05) is 42.8 Å². The van der Waals surface area contributed by atoms with E-state index in [0.717, 1.165) is 20.7 Å². The fraction of sp³-hybridized carbons (Fsp3) is 0.391. The van der Waals surface area contributed by atoms with Crippen LogP contribution in [-0.4, -0.2) is 54.0 Å². The zero-order chi connectivity index (χ0) is 24.1. The fourth-order valence-corrected chi connectivity index (χ4v) is 5.56. The van der Waals surface area contributed by atoms with Crippen LogP contribution in [0.25, 0.3) is 21.3 Å². The second-order valence-electron chi connectivity index (χ2n) is 8.91. The van der Waals surface area contributed by atoms with Gasteiger partial charge in [0.1, 0.15) is 23.2 Å². The van der Waals surface area contributed by atoms with E-state index in [1.165, 1.54) is 18.4 Å². The maximum Gasteiger partial charge on any atom is 0.331 e. The summed E-state index contributed by atoms with van der Waals surface area (Å²) in [6.45, 7) is 4.68. The van der Waals surface area contributed by atoms with Crippen molar-refractivity contribution in [2.24, 2.45) is 13.0 Å². The highest BCUT2D eigenvalue weighted by Crippen LogP contribution is 2.32. The van der Waals surface area contributed by atoms with Crippen molar-refractivity contribution in [2.45, 2.75) is 33.0 Å². The van der Waals surface area contributed by atoms with Gasteiger partial charge in [-0.3, -0.25) is 23.6 Å². The van der Waals surface area contributed by atoms with Gasteiger partial charge < -0.3 is 9.67 Å². The smallest absolute Gasteiger partial charge is 0.331 e. The van der Waals surface area contributed by atoms with Crippen LogP contribution in [0.3, 0.4) is 0 Å². The van der Waals surface area contributed by atoms with Crippen molar-refractivity contribution in [1.82, 2.24) is 23.7 Å². The number of amides is 1. The number of hydrogen-bond acceptors (Lipinski definition) is 7. The van der Waals surface area contributed by atoms with Crippen molar-refractivity contribution in [3.63, 3.8) is 0 Å². The molecule has 0 aliphatic carbocycles. The molecule has 5 rings (SSSR count). The summed E-state index contributed by atoms with van der Waals surface area (Å²) in [6, 6.07) is 5.74. The minimum Gasteiger partial charge on any atom is -0.389 e. The Bertz CT molecular complexity index is 1530. The molecule has 1 amide bonds. The molecule has 1 fully saturated rings. The van der Waals surface area contributed by atoms with E-state index in [-0.39, 0.29) is 36.6 Å². The summed E-state index contributed by atoms with van der Waals surface area (Å²) >= 11 is 1.26. The average Bonchev–Trinajstić information content (AvgIpc) is 3.52. The SMILES string of the molecule is CC(C)Cn1c(=O)n(C)c(=O)c2c(C(=O)N3C[C@H](O)CO3)c(Cn3ccc4cccnc43)sc21. The second kappa shape index (κ2) is 8.49. The number of nitrogens with zero attached hydrogens (tertiary/aromatic N) is 5. The third-order valence-corrected chi connectivity index (χ3v) is 7.07. The molecule has 1 saturated heterocycles. The Morgan fingerprint density at radius 1 is 1.32 bits per heavy atom. The highest BCUT2D eigenvalue weighted by molar-refractivity contribution is 7.19. The molecular formula is C23H25N5O5S. The molecule has 10 nitrogen and oxygen atoms in total. The Labute approximate surface area is 198 Å². The lowest BCUT2D eigenvalue weighted by atomic mass is 10.1. The number of carbonyl (C=O) groups excluding carboxylic acids is 1. The number of thiophene rings is 1. The van der Waals surface area contributed by atoms with Gasteiger partial charge in [0.2, 0.25) is 0 Å². The van der Waals surface area contributed by atoms with Gasteiger partial charge in [0, 0.05) is 36.2 Å². The molecule has 1 aliphatic rings. The van der Waals surface area contributed by atoms with Gasteiger partial charge in [0.05, 0.1) is 24.0 Å². The van der Waals surface area contributed by atoms with Crippen molar-refractivity contribution in [3.8, 4) is 0 Å². The van der Waals surface area contributed by atoms with Crippen molar-refractivity contribution in [3.05, 3.63) is 61.9 Å². The highest BCUT2D eigenvalue weighted by Gasteiger charge is 2.33. The normalized spacial score (nSPS) is 16.4. The van der Waals surface area contributed by atoms with Crippen LogP contribution >= 0.6 is 11.3 Å². The number of β-amino-alcohol motifs (C(OH)–C–C–N with tert-alkyl or cyclic N) is 1. The van der Waals surface area contributed by atoms with E-state index < -0.39 is 23.3 Å². The molecule has 11 heteroatoms. The predicted octanol–water partition coefficient (Wildman–Crippen LogP) is 1.56. The number of aliphatic hydroxyl groups is 1. The molecule has 5 heterocycles. The van der Waals surface area contributed by atoms with Gasteiger partial charge in [-0.2, -0.15) is 0 Å². The summed E-state index contributed by atoms with van der Waals surface area (Å²) in [4.78, 5) is 50.8. The minimum atomic E-state index is -0.795. The average molecular weight is 484 g/mol. The van der Waals surface area contributed by atoms with E-state index in [4.69, 9.17) is 4.84 Å². The zero-order valence-electron chi connectivity index (χ0n) is 19.1. The van der Waals surface area contributed by atoms with Crippen molar-refractivity contribution in [1.29, 1.82) is 0 Å². The Hall–Kier alpha value is -3.28. The first kappa shape index (κ1) is 22.5. The standard InChI is InChI=1S/C23H25N5O5S/c1-13(2)9-27-22-18(20(30)25(3)23(27)32)17(21(31)28-10-15(29)12-33-28)16(34-22)11-26-8-6-14-5-4-7-24-19(14)26/h4-8,13,15,29H,9-12H2,1-3H3/t15-/m0/s1. The molecule has 34 heavy (non-hydrogen) atoms. The Morgan fingerprint density at radius 3 is 2.82 bits per heavy atom. The van der Waals surface area contributed by atoms with Crippen LogP contribution in [0.4, 0.5) is 0 Å². The number of aliphatic hydroxyl groups excluding tert-OH is 1. The minimum absolute atomic E-state index is 0.00533. The fourth-order valence-electron chi connectivity index (χ4n) is 4.28. The van der Waals surface area contributed by atoms with Crippen LogP contribution in [-0.2, 0) is 25.0 Å². The molecule has 4 aromatic heterocycles. The van der Waals surface area contributed by atoms with Crippen LogP contribution in [0.5, 0.6) is 0 Å². The Morgan fingerprint density at radius 2 is 2.12 bits per heavy atom. The van der Waals surface area contributed by atoms with Crippen LogP contribution < -0.4 is 11.2 Å². The van der Waals surface area contributed by atoms with Gasteiger partial charge in [-0.15, -0.1) is 11.3 Å². The summed E-state index contributed by atoms with van der Waals surface area (Å²) in [7, 11) is 1.42. The lowest BCUT2D eigenvalue weighted by molar-refractivity contribution is -0.0778. The summed E-state index contributed by atoms with van der Waals surface area (Å²) in [5.74, 6) is -0.355. The van der Waals surface area contributed by atoms with Gasteiger partial charge in [-0.1, -0.05) is 13.8 Å². The topological polar surface area (TPSA) is 112 Å². The lowest BCUT2D eigenvalue weighted by Crippen LogP contribution is -2.39. The number of hydrogen-bond donors (Lipinski definition) is 1. The van der Waals surface area contributed by atoms with Gasteiger partial charge in [-0.25, -0.2) is 14.8 Å². The van der Waals surface area contributed by atoms with Crippen LogP contribution in [0.15, 0.2) is 40.2 Å². The first-order valence-corrected chi connectivity index (χ1v) is 11.9. The molecular weight excluding hydrogens is 458 g/mol. The number of rotatable bonds is 5. The van der Waals surface area contributed by atoms with Crippen molar-refractivity contribution >= 4 is 38.5 Å². The summed E-state index contributed by atoms with van der Waals surface area (Å²) in [6.07, 6.45) is 2.79. The highest BCUT2D eigenvalue weighted by atomic mass is 32.1. The number of aromatic nitrogens is 4. The summed E-state index contributed by atoms with van der Waals surface area (Å²) in [5, 5.41) is 12.1. The largest absolute Gasteiger partial charge is 0.389 e. The van der Waals surface area contributed by atoms with E-state index in [2.05, 4.69) is 4.98 Å². The zero-order valence-corrected chi connectivity index (χ0v) is 19.9. The maximum atomic E-state index is 13.6. The Balaban J connectivity index is 1.76. The third-order valence-electron chi connectivity index (χ3n) is 5.87. The van der Waals surface area contributed by atoms with E-state index >= 15 is 0 Å². The molecule has 1 aliphatic heterocycles. The summed E-state index contributed by atoms with van der Waals surface area (Å²) in [5.41, 5.74) is 0.00340. The maximum absolute atomic E-state index is 13.6. The number of fused-ring (bicyclic) bond motifs is 2. The van der Waals surface area contributed by atoms with Crippen molar-refractivity contribution < 1.29 is 14.7 Å². The first-order valence-electron chi connectivity index (χ1n) is 11.0. The quantitative estimate of drug-likeness (QED) is 0.461. The monoisotopic (exact) mass is 483 g/mol. The molecule has 0 spiro atoms. The van der Waals surface area contributed by atoms with Crippen LogP contribution in [0, 0.1) is 5.92 Å². The number of hydroxylamine groups is 2. The third kappa shape index (κ3) is 3.65. The van der Waals surface area contributed by atoms with E-state index in [9.17, 15) is 19.5 Å². The molecule has 0 unspecified atom stereocenters. The molecule has 0 radical (unpaired) electrons.